The average molecular weight is 421 g/mol. The van der Waals surface area contributed by atoms with Crippen molar-refractivity contribution in [3.63, 3.8) is 0 Å². The molecule has 0 saturated heterocycles. The van der Waals surface area contributed by atoms with Crippen molar-refractivity contribution in [1.29, 1.82) is 0 Å². The third kappa shape index (κ3) is 3.58. The number of ether oxygens (including phenoxy) is 1. The SMILES string of the molecule is C[C@]12CC[C@@H]3[C@H](CCC4=CC(=O)CC[C@]43C)[C@@H]1CC[C@@H]2OC(=O)CCc1ccccc1. The molecular formula is C28H36O3. The summed E-state index contributed by atoms with van der Waals surface area (Å²) in [6.45, 7) is 4.83. The monoisotopic (exact) mass is 420 g/mol. The van der Waals surface area contributed by atoms with Gasteiger partial charge in [-0.15, -0.1) is 0 Å². The van der Waals surface area contributed by atoms with Gasteiger partial charge < -0.3 is 4.74 Å². The van der Waals surface area contributed by atoms with Crippen LogP contribution in [0.15, 0.2) is 42.0 Å². The fraction of sp³-hybridized carbons (Fsp3) is 0.643. The van der Waals surface area contributed by atoms with Crippen LogP contribution in [0.4, 0.5) is 0 Å². The molecule has 3 saturated carbocycles. The molecule has 0 bridgehead atoms. The summed E-state index contributed by atoms with van der Waals surface area (Å²) in [7, 11) is 0. The Kier molecular flexibility index (Phi) is 5.35. The minimum absolute atomic E-state index is 0.0375. The van der Waals surface area contributed by atoms with Crippen LogP contribution in [-0.2, 0) is 20.7 Å². The van der Waals surface area contributed by atoms with Crippen molar-refractivity contribution in [3.8, 4) is 0 Å². The Hall–Kier alpha value is -1.90. The lowest BCUT2D eigenvalue weighted by Gasteiger charge is -2.57. The maximum absolute atomic E-state index is 12.7. The first-order valence-corrected chi connectivity index (χ1v) is 12.4. The van der Waals surface area contributed by atoms with Crippen LogP contribution in [-0.4, -0.2) is 17.9 Å². The molecule has 0 aliphatic heterocycles. The number of hydrogen-bond donors (Lipinski definition) is 0. The topological polar surface area (TPSA) is 43.4 Å². The number of rotatable bonds is 4. The number of allylic oxidation sites excluding steroid dienone is 1. The van der Waals surface area contributed by atoms with Crippen LogP contribution in [0.3, 0.4) is 0 Å². The van der Waals surface area contributed by atoms with Gasteiger partial charge in [-0.05, 0) is 86.2 Å². The van der Waals surface area contributed by atoms with E-state index in [0.717, 1.165) is 32.1 Å². The molecule has 3 heteroatoms. The molecule has 31 heavy (non-hydrogen) atoms. The van der Waals surface area contributed by atoms with E-state index in [1.165, 1.54) is 30.4 Å². The molecule has 4 aliphatic rings. The zero-order chi connectivity index (χ0) is 21.6. The van der Waals surface area contributed by atoms with E-state index in [1.807, 2.05) is 24.3 Å². The Bertz CT molecular complexity index is 887. The lowest BCUT2D eigenvalue weighted by Crippen LogP contribution is -2.51. The first-order chi connectivity index (χ1) is 14.9. The van der Waals surface area contributed by atoms with E-state index in [9.17, 15) is 9.59 Å². The summed E-state index contributed by atoms with van der Waals surface area (Å²) < 4.78 is 6.14. The Morgan fingerprint density at radius 1 is 1.00 bits per heavy atom. The van der Waals surface area contributed by atoms with E-state index in [4.69, 9.17) is 4.74 Å². The van der Waals surface area contributed by atoms with E-state index in [1.54, 1.807) is 0 Å². The summed E-state index contributed by atoms with van der Waals surface area (Å²) in [5.41, 5.74) is 2.95. The molecule has 0 N–H and O–H groups in total. The van der Waals surface area contributed by atoms with Crippen LogP contribution in [0.5, 0.6) is 0 Å². The van der Waals surface area contributed by atoms with E-state index in [-0.39, 0.29) is 22.9 Å². The lowest BCUT2D eigenvalue weighted by molar-refractivity contribution is -0.159. The van der Waals surface area contributed by atoms with Gasteiger partial charge >= 0.3 is 5.97 Å². The number of carbonyl (C=O) groups is 2. The lowest BCUT2D eigenvalue weighted by atomic mass is 9.47. The van der Waals surface area contributed by atoms with Crippen molar-refractivity contribution in [1.82, 2.24) is 0 Å². The van der Waals surface area contributed by atoms with Gasteiger partial charge in [-0.1, -0.05) is 49.8 Å². The standard InChI is InChI=1S/C28H36O3/c1-27-16-14-21(29)18-20(27)9-10-22-23-11-12-25(28(23,2)17-15-24(22)27)31-26(30)13-8-19-6-4-3-5-7-19/h3-7,18,22-25H,8-17H2,1-2H3/t22-,23+,24-,25+,27-,28+/m1/s1. The average Bonchev–Trinajstić information content (AvgIpc) is 3.10. The minimum atomic E-state index is -0.0375. The molecule has 1 aromatic carbocycles. The van der Waals surface area contributed by atoms with Crippen molar-refractivity contribution in [2.45, 2.75) is 84.2 Å². The largest absolute Gasteiger partial charge is 0.462 e. The predicted octanol–water partition coefficient (Wildman–Crippen LogP) is 6.06. The number of carbonyl (C=O) groups excluding carboxylic acids is 2. The van der Waals surface area contributed by atoms with Gasteiger partial charge in [0.2, 0.25) is 0 Å². The van der Waals surface area contributed by atoms with Crippen molar-refractivity contribution in [3.05, 3.63) is 47.5 Å². The fourth-order valence-corrected chi connectivity index (χ4v) is 7.81. The molecule has 3 nitrogen and oxygen atoms in total. The predicted molar refractivity (Wildman–Crippen MR) is 121 cm³/mol. The number of fused-ring (bicyclic) bond motifs is 5. The Labute approximate surface area is 186 Å². The van der Waals surface area contributed by atoms with Crippen LogP contribution in [0, 0.1) is 28.6 Å². The highest BCUT2D eigenvalue weighted by molar-refractivity contribution is 5.91. The van der Waals surface area contributed by atoms with Gasteiger partial charge in [0.25, 0.3) is 0 Å². The third-order valence-corrected chi connectivity index (χ3v) is 9.61. The van der Waals surface area contributed by atoms with Gasteiger partial charge in [0.1, 0.15) is 6.10 Å². The number of aryl methyl sites for hydroxylation is 1. The quantitative estimate of drug-likeness (QED) is 0.556. The van der Waals surface area contributed by atoms with Crippen LogP contribution in [0.2, 0.25) is 0 Å². The highest BCUT2D eigenvalue weighted by Crippen LogP contribution is 2.65. The number of esters is 1. The minimum Gasteiger partial charge on any atom is -0.462 e. The summed E-state index contributed by atoms with van der Waals surface area (Å²) in [4.78, 5) is 24.7. The molecule has 4 aliphatic carbocycles. The normalized spacial score (nSPS) is 39.2. The molecule has 0 heterocycles. The molecule has 0 amide bonds. The first kappa shape index (κ1) is 21.0. The molecule has 5 rings (SSSR count). The summed E-state index contributed by atoms with van der Waals surface area (Å²) in [6, 6.07) is 10.2. The second-order valence-corrected chi connectivity index (χ2v) is 11.1. The summed E-state index contributed by atoms with van der Waals surface area (Å²) >= 11 is 0. The molecule has 1 aromatic rings. The van der Waals surface area contributed by atoms with Crippen LogP contribution < -0.4 is 0 Å². The van der Waals surface area contributed by atoms with Crippen LogP contribution in [0.1, 0.15) is 77.2 Å². The van der Waals surface area contributed by atoms with Crippen molar-refractivity contribution in [2.24, 2.45) is 28.6 Å². The maximum atomic E-state index is 12.7. The third-order valence-electron chi connectivity index (χ3n) is 9.61. The highest BCUT2D eigenvalue weighted by atomic mass is 16.5. The van der Waals surface area contributed by atoms with Crippen molar-refractivity contribution < 1.29 is 14.3 Å². The van der Waals surface area contributed by atoms with Crippen LogP contribution in [0.25, 0.3) is 0 Å². The fourth-order valence-electron chi connectivity index (χ4n) is 7.81. The van der Waals surface area contributed by atoms with Crippen molar-refractivity contribution >= 4 is 11.8 Å². The van der Waals surface area contributed by atoms with Gasteiger partial charge in [0, 0.05) is 18.3 Å². The molecule has 0 unspecified atom stereocenters. The zero-order valence-electron chi connectivity index (χ0n) is 19.1. The van der Waals surface area contributed by atoms with Gasteiger partial charge in [0.15, 0.2) is 5.78 Å². The van der Waals surface area contributed by atoms with Crippen LogP contribution >= 0.6 is 0 Å². The van der Waals surface area contributed by atoms with Gasteiger partial charge in [-0.25, -0.2) is 0 Å². The van der Waals surface area contributed by atoms with E-state index in [2.05, 4.69) is 26.0 Å². The van der Waals surface area contributed by atoms with Gasteiger partial charge in [-0.3, -0.25) is 9.59 Å². The van der Waals surface area contributed by atoms with Gasteiger partial charge in [-0.2, -0.15) is 0 Å². The summed E-state index contributed by atoms with van der Waals surface area (Å²) in [5, 5.41) is 0. The zero-order valence-corrected chi connectivity index (χ0v) is 19.1. The number of hydrogen-bond acceptors (Lipinski definition) is 3. The molecule has 6 atom stereocenters. The molecule has 0 radical (unpaired) electrons. The van der Waals surface area contributed by atoms with E-state index < -0.39 is 0 Å². The summed E-state index contributed by atoms with van der Waals surface area (Å²) in [5.74, 6) is 2.34. The first-order valence-electron chi connectivity index (χ1n) is 12.4. The van der Waals surface area contributed by atoms with E-state index in [0.29, 0.717) is 36.4 Å². The Balaban J connectivity index is 1.26. The molecule has 166 valence electrons. The molecule has 0 aromatic heterocycles. The number of benzene rings is 1. The molecular weight excluding hydrogens is 384 g/mol. The number of ketones is 1. The Morgan fingerprint density at radius 2 is 1.81 bits per heavy atom. The van der Waals surface area contributed by atoms with Crippen molar-refractivity contribution in [2.75, 3.05) is 0 Å². The molecule has 0 spiro atoms. The van der Waals surface area contributed by atoms with E-state index >= 15 is 0 Å². The Morgan fingerprint density at radius 3 is 2.61 bits per heavy atom. The van der Waals surface area contributed by atoms with Gasteiger partial charge in [0.05, 0.1) is 0 Å². The maximum Gasteiger partial charge on any atom is 0.306 e. The smallest absolute Gasteiger partial charge is 0.306 e. The highest BCUT2D eigenvalue weighted by Gasteiger charge is 2.59. The second-order valence-electron chi connectivity index (χ2n) is 11.1. The summed E-state index contributed by atoms with van der Waals surface area (Å²) in [6.07, 6.45) is 11.8. The molecule has 3 fully saturated rings. The second kappa shape index (κ2) is 7.90.